The molecule has 0 saturated heterocycles. The van der Waals surface area contributed by atoms with Crippen molar-refractivity contribution in [1.29, 1.82) is 0 Å². The number of nitrogens with zero attached hydrogens (tertiary/aromatic N) is 2. The summed E-state index contributed by atoms with van der Waals surface area (Å²) in [6.45, 7) is 6.62. The Bertz CT molecular complexity index is 1220. The lowest BCUT2D eigenvalue weighted by atomic mass is 10.1. The molecule has 0 atom stereocenters. The van der Waals surface area contributed by atoms with Gasteiger partial charge < -0.3 is 14.8 Å². The summed E-state index contributed by atoms with van der Waals surface area (Å²) in [4.78, 5) is 23.4. The Kier molecular flexibility index (Phi) is 6.66. The van der Waals surface area contributed by atoms with Crippen molar-refractivity contribution in [1.82, 2.24) is 9.97 Å². The Morgan fingerprint density at radius 2 is 1.75 bits per heavy atom. The van der Waals surface area contributed by atoms with Gasteiger partial charge in [-0.3, -0.25) is 0 Å². The summed E-state index contributed by atoms with van der Waals surface area (Å²) in [5, 5.41) is 4.25. The van der Waals surface area contributed by atoms with E-state index in [4.69, 9.17) is 19.4 Å². The zero-order valence-corrected chi connectivity index (χ0v) is 19.2. The summed E-state index contributed by atoms with van der Waals surface area (Å²) >= 11 is 1.34. The minimum Gasteiger partial charge on any atom is -0.494 e. The number of nitrogens with one attached hydrogen (secondary N) is 1. The number of fused-ring (bicyclic) bond motifs is 1. The molecule has 2 aromatic carbocycles. The van der Waals surface area contributed by atoms with Crippen molar-refractivity contribution in [3.63, 3.8) is 0 Å². The lowest BCUT2D eigenvalue weighted by Gasteiger charge is -2.11. The van der Waals surface area contributed by atoms with Crippen LogP contribution in [0, 0.1) is 6.92 Å². The third kappa shape index (κ3) is 4.73. The average molecular weight is 448 g/mol. The quantitative estimate of drug-likeness (QED) is 0.339. The number of aryl methyl sites for hydroxylation is 1. The van der Waals surface area contributed by atoms with Crippen LogP contribution in [0.1, 0.15) is 40.5 Å². The highest BCUT2D eigenvalue weighted by atomic mass is 32.1. The van der Waals surface area contributed by atoms with Crippen molar-refractivity contribution in [2.24, 2.45) is 0 Å². The van der Waals surface area contributed by atoms with Crippen LogP contribution in [-0.2, 0) is 11.2 Å². The molecule has 32 heavy (non-hydrogen) atoms. The van der Waals surface area contributed by atoms with Gasteiger partial charge in [0.15, 0.2) is 0 Å². The normalized spacial score (nSPS) is 10.8. The van der Waals surface area contributed by atoms with Crippen molar-refractivity contribution >= 4 is 39.0 Å². The van der Waals surface area contributed by atoms with Gasteiger partial charge in [-0.1, -0.05) is 30.3 Å². The number of aromatic nitrogens is 2. The lowest BCUT2D eigenvalue weighted by molar-refractivity contribution is 0.0531. The molecule has 0 bridgehead atoms. The second-order valence-corrected chi connectivity index (χ2v) is 8.19. The molecule has 2 heterocycles. The number of anilines is 2. The summed E-state index contributed by atoms with van der Waals surface area (Å²) < 4.78 is 10.8. The van der Waals surface area contributed by atoms with Gasteiger partial charge in [0.2, 0.25) is 0 Å². The van der Waals surface area contributed by atoms with Crippen LogP contribution in [0.5, 0.6) is 5.75 Å². The number of carbonyl (C=O) groups is 1. The van der Waals surface area contributed by atoms with Crippen molar-refractivity contribution in [2.45, 2.75) is 27.2 Å². The fourth-order valence-corrected chi connectivity index (χ4v) is 4.55. The van der Waals surface area contributed by atoms with Crippen LogP contribution < -0.4 is 10.1 Å². The smallest absolute Gasteiger partial charge is 0.348 e. The third-order valence-corrected chi connectivity index (χ3v) is 6.10. The summed E-state index contributed by atoms with van der Waals surface area (Å²) in [7, 11) is 0. The maximum Gasteiger partial charge on any atom is 0.348 e. The molecule has 4 rings (SSSR count). The van der Waals surface area contributed by atoms with Gasteiger partial charge in [0.05, 0.1) is 18.6 Å². The molecule has 0 fully saturated rings. The zero-order valence-electron chi connectivity index (χ0n) is 18.3. The number of hydrogen-bond donors (Lipinski definition) is 1. The van der Waals surface area contributed by atoms with E-state index in [0.717, 1.165) is 32.8 Å². The summed E-state index contributed by atoms with van der Waals surface area (Å²) in [6.07, 6.45) is 0.598. The van der Waals surface area contributed by atoms with E-state index in [-0.39, 0.29) is 5.97 Å². The first-order chi connectivity index (χ1) is 15.6. The van der Waals surface area contributed by atoms with Crippen molar-refractivity contribution < 1.29 is 14.3 Å². The second kappa shape index (κ2) is 9.78. The molecule has 2 aromatic heterocycles. The number of carbonyl (C=O) groups excluding carboxylic acids is 1. The van der Waals surface area contributed by atoms with Crippen molar-refractivity contribution in [3.8, 4) is 5.75 Å². The lowest BCUT2D eigenvalue weighted by Crippen LogP contribution is -2.04. The van der Waals surface area contributed by atoms with Gasteiger partial charge in [0.1, 0.15) is 27.1 Å². The molecule has 0 saturated carbocycles. The molecule has 0 amide bonds. The zero-order chi connectivity index (χ0) is 22.5. The topological polar surface area (TPSA) is 73.3 Å². The molecule has 0 radical (unpaired) electrons. The fraction of sp³-hybridized carbons (Fsp3) is 0.240. The van der Waals surface area contributed by atoms with Gasteiger partial charge in [-0.2, -0.15) is 0 Å². The van der Waals surface area contributed by atoms with E-state index in [1.807, 2.05) is 56.3 Å². The van der Waals surface area contributed by atoms with E-state index in [0.29, 0.717) is 36.2 Å². The summed E-state index contributed by atoms with van der Waals surface area (Å²) in [6, 6.07) is 17.8. The molecule has 0 aliphatic carbocycles. The molecule has 7 heteroatoms. The Morgan fingerprint density at radius 3 is 2.44 bits per heavy atom. The highest BCUT2D eigenvalue weighted by Crippen LogP contribution is 2.36. The van der Waals surface area contributed by atoms with E-state index in [9.17, 15) is 4.79 Å². The van der Waals surface area contributed by atoms with E-state index in [1.54, 1.807) is 6.92 Å². The third-order valence-electron chi connectivity index (χ3n) is 4.93. The molecular formula is C25H25N3O3S. The molecule has 6 nitrogen and oxygen atoms in total. The molecule has 0 aliphatic heterocycles. The van der Waals surface area contributed by atoms with E-state index in [1.165, 1.54) is 11.3 Å². The van der Waals surface area contributed by atoms with Gasteiger partial charge in [0, 0.05) is 12.1 Å². The predicted octanol–water partition coefficient (Wildman–Crippen LogP) is 5.91. The Hall–Kier alpha value is -3.45. The van der Waals surface area contributed by atoms with Gasteiger partial charge in [-0.25, -0.2) is 14.8 Å². The summed E-state index contributed by atoms with van der Waals surface area (Å²) in [5.41, 5.74) is 2.82. The molecule has 0 unspecified atom stereocenters. The van der Waals surface area contributed by atoms with Crippen LogP contribution in [0.3, 0.4) is 0 Å². The van der Waals surface area contributed by atoms with Crippen LogP contribution in [0.15, 0.2) is 54.6 Å². The highest BCUT2D eigenvalue weighted by molar-refractivity contribution is 7.20. The van der Waals surface area contributed by atoms with Crippen LogP contribution >= 0.6 is 11.3 Å². The highest BCUT2D eigenvalue weighted by Gasteiger charge is 2.21. The first-order valence-electron chi connectivity index (χ1n) is 10.6. The SMILES string of the molecule is CCOC(=O)c1sc2nc(Cc3ccccc3)nc(Nc3ccc(OCC)cc3)c2c1C. The number of ether oxygens (including phenoxy) is 2. The molecule has 0 aliphatic rings. The number of rotatable bonds is 8. The number of hydrogen-bond acceptors (Lipinski definition) is 7. The summed E-state index contributed by atoms with van der Waals surface area (Å²) in [5.74, 6) is 1.85. The maximum absolute atomic E-state index is 12.5. The van der Waals surface area contributed by atoms with E-state index in [2.05, 4.69) is 17.4 Å². The average Bonchev–Trinajstić information content (AvgIpc) is 3.13. The minimum absolute atomic E-state index is 0.328. The molecule has 0 spiro atoms. The largest absolute Gasteiger partial charge is 0.494 e. The molecule has 4 aromatic rings. The molecule has 164 valence electrons. The van der Waals surface area contributed by atoms with Gasteiger partial charge >= 0.3 is 5.97 Å². The maximum atomic E-state index is 12.5. The molecular weight excluding hydrogens is 422 g/mol. The second-order valence-electron chi connectivity index (χ2n) is 7.19. The van der Waals surface area contributed by atoms with Gasteiger partial charge in [0.25, 0.3) is 0 Å². The molecule has 1 N–H and O–H groups in total. The fourth-order valence-electron chi connectivity index (χ4n) is 3.46. The first kappa shape index (κ1) is 21.8. The monoisotopic (exact) mass is 447 g/mol. The minimum atomic E-state index is -0.329. The Balaban J connectivity index is 1.77. The van der Waals surface area contributed by atoms with Crippen molar-refractivity contribution in [3.05, 3.63) is 76.4 Å². The number of benzene rings is 2. The van der Waals surface area contributed by atoms with Crippen LogP contribution in [0.2, 0.25) is 0 Å². The number of esters is 1. The van der Waals surface area contributed by atoms with Crippen LogP contribution in [-0.4, -0.2) is 29.2 Å². The van der Waals surface area contributed by atoms with E-state index < -0.39 is 0 Å². The van der Waals surface area contributed by atoms with Crippen LogP contribution in [0.4, 0.5) is 11.5 Å². The number of thiophene rings is 1. The van der Waals surface area contributed by atoms with Crippen molar-refractivity contribution in [2.75, 3.05) is 18.5 Å². The Labute approximate surface area is 191 Å². The standard InChI is InChI=1S/C25H25N3O3S/c1-4-30-19-13-11-18(12-14-19)26-23-21-16(3)22(25(29)31-5-2)32-24(21)28-20(27-23)15-17-9-7-6-8-10-17/h6-14H,4-5,15H2,1-3H3,(H,26,27,28). The predicted molar refractivity (Wildman–Crippen MR) is 128 cm³/mol. The Morgan fingerprint density at radius 1 is 1.00 bits per heavy atom. The van der Waals surface area contributed by atoms with E-state index >= 15 is 0 Å². The van der Waals surface area contributed by atoms with Gasteiger partial charge in [-0.15, -0.1) is 11.3 Å². The first-order valence-corrected chi connectivity index (χ1v) is 11.4. The van der Waals surface area contributed by atoms with Crippen LogP contribution in [0.25, 0.3) is 10.2 Å². The van der Waals surface area contributed by atoms with Gasteiger partial charge in [-0.05, 0) is 56.2 Å².